The first-order valence-corrected chi connectivity index (χ1v) is 6.47. The SMILES string of the molecule is CCC(CC)(CO)Nc1ccc(C(=O)OC)c(C)n1. The molecule has 0 unspecified atom stereocenters. The smallest absolute Gasteiger partial charge is 0.339 e. The Kier molecular flexibility index (Phi) is 5.30. The number of hydrogen-bond acceptors (Lipinski definition) is 5. The van der Waals surface area contributed by atoms with Crippen LogP contribution in [0.25, 0.3) is 0 Å². The fraction of sp³-hybridized carbons (Fsp3) is 0.571. The molecule has 1 heterocycles. The number of anilines is 1. The monoisotopic (exact) mass is 266 g/mol. The molecule has 0 aliphatic rings. The Morgan fingerprint density at radius 2 is 2.05 bits per heavy atom. The molecule has 0 fully saturated rings. The summed E-state index contributed by atoms with van der Waals surface area (Å²) in [6.45, 7) is 5.83. The number of esters is 1. The van der Waals surface area contributed by atoms with Crippen LogP contribution in [0.4, 0.5) is 5.82 Å². The number of ether oxygens (including phenoxy) is 1. The van der Waals surface area contributed by atoms with Crippen molar-refractivity contribution in [3.8, 4) is 0 Å². The minimum absolute atomic E-state index is 0.0412. The lowest BCUT2D eigenvalue weighted by Gasteiger charge is -2.31. The Hall–Kier alpha value is -1.62. The van der Waals surface area contributed by atoms with Crippen LogP contribution in [-0.4, -0.2) is 35.3 Å². The van der Waals surface area contributed by atoms with Gasteiger partial charge < -0.3 is 15.2 Å². The summed E-state index contributed by atoms with van der Waals surface area (Å²) in [4.78, 5) is 15.8. The maximum Gasteiger partial charge on any atom is 0.339 e. The van der Waals surface area contributed by atoms with Crippen molar-refractivity contribution in [3.63, 3.8) is 0 Å². The van der Waals surface area contributed by atoms with Crippen molar-refractivity contribution in [2.75, 3.05) is 19.0 Å². The molecule has 0 aliphatic heterocycles. The van der Waals surface area contributed by atoms with Crippen molar-refractivity contribution < 1.29 is 14.6 Å². The molecule has 0 saturated heterocycles. The summed E-state index contributed by atoms with van der Waals surface area (Å²) in [6, 6.07) is 3.42. The maximum absolute atomic E-state index is 11.5. The fourth-order valence-electron chi connectivity index (χ4n) is 1.92. The van der Waals surface area contributed by atoms with Crippen molar-refractivity contribution in [2.24, 2.45) is 0 Å². The lowest BCUT2D eigenvalue weighted by molar-refractivity contribution is 0.0599. The first-order chi connectivity index (χ1) is 9.01. The highest BCUT2D eigenvalue weighted by Gasteiger charge is 2.25. The molecule has 1 aromatic heterocycles. The molecule has 0 spiro atoms. The van der Waals surface area contributed by atoms with Crippen LogP contribution in [0.15, 0.2) is 12.1 Å². The van der Waals surface area contributed by atoms with E-state index in [1.807, 2.05) is 13.8 Å². The molecular weight excluding hydrogens is 244 g/mol. The molecule has 0 atom stereocenters. The quantitative estimate of drug-likeness (QED) is 0.772. The van der Waals surface area contributed by atoms with Gasteiger partial charge in [-0.1, -0.05) is 13.8 Å². The van der Waals surface area contributed by atoms with Crippen molar-refractivity contribution >= 4 is 11.8 Å². The molecule has 106 valence electrons. The molecule has 0 aromatic carbocycles. The number of pyridine rings is 1. The molecule has 1 aromatic rings. The third-order valence-electron chi connectivity index (χ3n) is 3.54. The highest BCUT2D eigenvalue weighted by Crippen LogP contribution is 2.21. The third-order valence-corrected chi connectivity index (χ3v) is 3.54. The molecule has 0 amide bonds. The Morgan fingerprint density at radius 3 is 2.47 bits per heavy atom. The summed E-state index contributed by atoms with van der Waals surface area (Å²) in [5.74, 6) is 0.263. The summed E-state index contributed by atoms with van der Waals surface area (Å²) in [5.41, 5.74) is 0.693. The zero-order chi connectivity index (χ0) is 14.5. The van der Waals surface area contributed by atoms with Crippen LogP contribution < -0.4 is 5.32 Å². The van der Waals surface area contributed by atoms with E-state index in [0.29, 0.717) is 17.1 Å². The second kappa shape index (κ2) is 6.52. The number of aliphatic hydroxyl groups is 1. The van der Waals surface area contributed by atoms with Crippen LogP contribution in [0, 0.1) is 6.92 Å². The summed E-state index contributed by atoms with van der Waals surface area (Å²) in [5, 5.41) is 12.8. The van der Waals surface area contributed by atoms with Gasteiger partial charge in [0.05, 0.1) is 30.5 Å². The molecule has 0 aliphatic carbocycles. The molecular formula is C14H22N2O3. The van der Waals surface area contributed by atoms with Crippen molar-refractivity contribution in [1.29, 1.82) is 0 Å². The van der Waals surface area contributed by atoms with Crippen LogP contribution in [0.1, 0.15) is 42.7 Å². The Morgan fingerprint density at radius 1 is 1.42 bits per heavy atom. The van der Waals surface area contributed by atoms with E-state index in [2.05, 4.69) is 15.0 Å². The summed E-state index contributed by atoms with van der Waals surface area (Å²) < 4.78 is 4.68. The predicted molar refractivity (Wildman–Crippen MR) is 74.3 cm³/mol. The van der Waals surface area contributed by atoms with Crippen LogP contribution in [0.5, 0.6) is 0 Å². The number of aliphatic hydroxyl groups excluding tert-OH is 1. The number of aryl methyl sites for hydroxylation is 1. The number of hydrogen-bond donors (Lipinski definition) is 2. The Labute approximate surface area is 114 Å². The van der Waals surface area contributed by atoms with Crippen molar-refractivity contribution in [2.45, 2.75) is 39.2 Å². The van der Waals surface area contributed by atoms with Gasteiger partial charge in [0.2, 0.25) is 0 Å². The molecule has 1 rings (SSSR count). The number of carbonyl (C=O) groups excluding carboxylic acids is 1. The maximum atomic E-state index is 11.5. The minimum atomic E-state index is -0.393. The van der Waals surface area contributed by atoms with Gasteiger partial charge in [0.15, 0.2) is 0 Å². The van der Waals surface area contributed by atoms with E-state index in [1.165, 1.54) is 7.11 Å². The third kappa shape index (κ3) is 3.44. The van der Waals surface area contributed by atoms with Crippen LogP contribution in [0.3, 0.4) is 0 Å². The first kappa shape index (κ1) is 15.4. The second-order valence-corrected chi connectivity index (χ2v) is 4.59. The van der Waals surface area contributed by atoms with Gasteiger partial charge in [-0.25, -0.2) is 9.78 Å². The number of carbonyl (C=O) groups is 1. The molecule has 2 N–H and O–H groups in total. The van der Waals surface area contributed by atoms with E-state index >= 15 is 0 Å². The van der Waals surface area contributed by atoms with Gasteiger partial charge >= 0.3 is 5.97 Å². The van der Waals surface area contributed by atoms with Crippen LogP contribution >= 0.6 is 0 Å². The first-order valence-electron chi connectivity index (χ1n) is 6.47. The molecule has 5 heteroatoms. The zero-order valence-electron chi connectivity index (χ0n) is 12.0. The number of nitrogens with zero attached hydrogens (tertiary/aromatic N) is 1. The van der Waals surface area contributed by atoms with E-state index in [-0.39, 0.29) is 12.1 Å². The summed E-state index contributed by atoms with van der Waals surface area (Å²) in [7, 11) is 1.35. The molecule has 5 nitrogen and oxygen atoms in total. The minimum Gasteiger partial charge on any atom is -0.465 e. The van der Waals surface area contributed by atoms with Crippen molar-refractivity contribution in [3.05, 3.63) is 23.4 Å². The number of nitrogens with one attached hydrogen (secondary N) is 1. The zero-order valence-corrected chi connectivity index (χ0v) is 12.0. The van der Waals surface area contributed by atoms with Crippen LogP contribution in [0.2, 0.25) is 0 Å². The fourth-order valence-corrected chi connectivity index (χ4v) is 1.92. The second-order valence-electron chi connectivity index (χ2n) is 4.59. The topological polar surface area (TPSA) is 71.5 Å². The standard InChI is InChI=1S/C14H22N2O3/c1-5-14(6-2,9-17)16-12-8-7-11(10(3)15-12)13(18)19-4/h7-8,17H,5-6,9H2,1-4H3,(H,15,16). The predicted octanol–water partition coefficient (Wildman–Crippen LogP) is 2.14. The highest BCUT2D eigenvalue weighted by molar-refractivity contribution is 5.90. The van der Waals surface area contributed by atoms with E-state index in [0.717, 1.165) is 12.8 Å². The van der Waals surface area contributed by atoms with Gasteiger partial charge in [-0.3, -0.25) is 0 Å². The number of aromatic nitrogens is 1. The highest BCUT2D eigenvalue weighted by atomic mass is 16.5. The molecule has 0 bridgehead atoms. The average molecular weight is 266 g/mol. The van der Waals surface area contributed by atoms with E-state index < -0.39 is 5.97 Å². The van der Waals surface area contributed by atoms with E-state index in [1.54, 1.807) is 19.1 Å². The molecule has 19 heavy (non-hydrogen) atoms. The Balaban J connectivity index is 2.98. The Bertz CT molecular complexity index is 434. The van der Waals surface area contributed by atoms with Gasteiger partial charge in [-0.15, -0.1) is 0 Å². The van der Waals surface area contributed by atoms with Gasteiger partial charge in [-0.2, -0.15) is 0 Å². The van der Waals surface area contributed by atoms with Crippen LogP contribution in [-0.2, 0) is 4.74 Å². The normalized spacial score (nSPS) is 11.2. The number of rotatable bonds is 6. The lowest BCUT2D eigenvalue weighted by atomic mass is 9.94. The average Bonchev–Trinajstić information content (AvgIpc) is 2.44. The van der Waals surface area contributed by atoms with E-state index in [9.17, 15) is 9.90 Å². The molecule has 0 saturated carbocycles. The lowest BCUT2D eigenvalue weighted by Crippen LogP contribution is -2.41. The summed E-state index contributed by atoms with van der Waals surface area (Å²) >= 11 is 0. The largest absolute Gasteiger partial charge is 0.465 e. The van der Waals surface area contributed by atoms with Crippen molar-refractivity contribution in [1.82, 2.24) is 4.98 Å². The van der Waals surface area contributed by atoms with Gasteiger partial charge in [-0.05, 0) is 31.9 Å². The van der Waals surface area contributed by atoms with Gasteiger partial charge in [0, 0.05) is 0 Å². The number of methoxy groups -OCH3 is 1. The molecule has 0 radical (unpaired) electrons. The van der Waals surface area contributed by atoms with Gasteiger partial charge in [0.25, 0.3) is 0 Å². The summed E-state index contributed by atoms with van der Waals surface area (Å²) in [6.07, 6.45) is 1.58. The van der Waals surface area contributed by atoms with Gasteiger partial charge in [0.1, 0.15) is 5.82 Å². The van der Waals surface area contributed by atoms with E-state index in [4.69, 9.17) is 0 Å².